The van der Waals surface area contributed by atoms with Crippen molar-refractivity contribution in [3.8, 4) is 0 Å². The van der Waals surface area contributed by atoms with Crippen LogP contribution in [0.5, 0.6) is 0 Å². The molecule has 4 saturated carbocycles. The van der Waals surface area contributed by atoms with Gasteiger partial charge in [0.15, 0.2) is 0 Å². The zero-order valence-corrected chi connectivity index (χ0v) is 21.9. The Kier molecular flexibility index (Phi) is 5.06. The maximum absolute atomic E-state index is 13.4. The maximum atomic E-state index is 13.4. The molecule has 1 aromatic carbocycles. The second kappa shape index (κ2) is 7.25. The first kappa shape index (κ1) is 23.7. The van der Waals surface area contributed by atoms with E-state index in [2.05, 4.69) is 59.0 Å². The predicted molar refractivity (Wildman–Crippen MR) is 134 cm³/mol. The smallest absolute Gasteiger partial charge is 0.322 e. The topological polar surface area (TPSA) is 69.6 Å². The Bertz CT molecular complexity index is 1080. The second-order valence-corrected chi connectivity index (χ2v) is 13.1. The Morgan fingerprint density at radius 3 is 2.44 bits per heavy atom. The molecule has 2 amide bonds. The summed E-state index contributed by atoms with van der Waals surface area (Å²) in [5.41, 5.74) is 1.98. The summed E-state index contributed by atoms with van der Waals surface area (Å²) in [6.45, 7) is 13.3. The molecule has 1 heterocycles. The Labute approximate surface area is 207 Å². The van der Waals surface area contributed by atoms with E-state index >= 15 is 0 Å². The number of halogens is 1. The number of carbonyl (C=O) groups is 2. The number of benzene rings is 1. The second-order valence-electron chi connectivity index (χ2n) is 12.7. The average molecular weight is 485 g/mol. The van der Waals surface area contributed by atoms with Gasteiger partial charge in [-0.05, 0) is 85.0 Å². The quantitative estimate of drug-likeness (QED) is 0.473. The molecule has 4 aliphatic carbocycles. The predicted octanol–water partition coefficient (Wildman–Crippen LogP) is 6.67. The highest BCUT2D eigenvalue weighted by Gasteiger charge is 2.75. The monoisotopic (exact) mass is 484 g/mol. The first-order valence-corrected chi connectivity index (χ1v) is 13.0. The molecule has 0 saturated heterocycles. The zero-order valence-electron chi connectivity index (χ0n) is 21.2. The minimum Gasteiger partial charge on any atom is -0.481 e. The third-order valence-electron chi connectivity index (χ3n) is 9.41. The summed E-state index contributed by atoms with van der Waals surface area (Å²) in [5.74, 6) is 0.663. The molecule has 6 rings (SSSR count). The largest absolute Gasteiger partial charge is 0.481 e. The summed E-state index contributed by atoms with van der Waals surface area (Å²) in [6.07, 6.45) is 5.76. The Morgan fingerprint density at radius 2 is 1.94 bits per heavy atom. The number of nitrogens with one attached hydrogen (secondary N) is 1. The molecule has 5 aliphatic rings. The number of urea groups is 1. The van der Waals surface area contributed by atoms with Gasteiger partial charge in [0, 0.05) is 11.2 Å². The van der Waals surface area contributed by atoms with Crippen molar-refractivity contribution in [1.29, 1.82) is 0 Å². The number of hydrogen-bond donors (Lipinski definition) is 2. The third kappa shape index (κ3) is 3.26. The van der Waals surface area contributed by atoms with Gasteiger partial charge in [-0.25, -0.2) is 4.79 Å². The van der Waals surface area contributed by atoms with Crippen LogP contribution in [0.1, 0.15) is 90.7 Å². The molecule has 4 atom stereocenters. The molecule has 2 N–H and O–H groups in total. The highest BCUT2D eigenvalue weighted by atomic mass is 35.5. The van der Waals surface area contributed by atoms with Crippen LogP contribution in [0.15, 0.2) is 30.0 Å². The lowest BCUT2D eigenvalue weighted by molar-refractivity contribution is -0.215. The van der Waals surface area contributed by atoms with Crippen LogP contribution in [0.4, 0.5) is 4.79 Å². The number of nitrogens with zero attached hydrogens (tertiary/aromatic N) is 1. The molecule has 0 aromatic heterocycles. The van der Waals surface area contributed by atoms with Gasteiger partial charge in [0.2, 0.25) is 0 Å². The molecular weight excluding hydrogens is 448 g/mol. The van der Waals surface area contributed by atoms with E-state index in [-0.39, 0.29) is 22.9 Å². The van der Waals surface area contributed by atoms with Crippen LogP contribution in [0.3, 0.4) is 0 Å². The summed E-state index contributed by atoms with van der Waals surface area (Å²) in [6, 6.07) is 6.18. The van der Waals surface area contributed by atoms with E-state index in [4.69, 9.17) is 11.6 Å². The van der Waals surface area contributed by atoms with Gasteiger partial charge in [-0.2, -0.15) is 0 Å². The van der Waals surface area contributed by atoms with E-state index < -0.39 is 16.9 Å². The minimum absolute atomic E-state index is 0.150. The van der Waals surface area contributed by atoms with Gasteiger partial charge >= 0.3 is 12.0 Å². The van der Waals surface area contributed by atoms with Crippen LogP contribution in [0.25, 0.3) is 0 Å². The fraction of sp³-hybridized carbons (Fsp3) is 0.643. The van der Waals surface area contributed by atoms with Crippen molar-refractivity contribution >= 4 is 23.6 Å². The van der Waals surface area contributed by atoms with Gasteiger partial charge in [0.1, 0.15) is 0 Å². The summed E-state index contributed by atoms with van der Waals surface area (Å²) in [7, 11) is 0. The molecule has 4 fully saturated rings. The molecule has 6 heteroatoms. The lowest BCUT2D eigenvalue weighted by atomic mass is 9.38. The maximum Gasteiger partial charge on any atom is 0.322 e. The molecule has 0 unspecified atom stereocenters. The Balaban J connectivity index is 1.46. The fourth-order valence-electron chi connectivity index (χ4n) is 6.96. The molecule has 1 aromatic rings. The zero-order chi connectivity index (χ0) is 24.8. The standard InChI is InChI=1S/C28H37ClN2O3/c1-7-16(2)21-12-31(28-13-27(14-28,15-28)23(32)33)24(34)30-26(21,6)17-8-9-18(22(29)10-17)19-11-20(19)25(3,4)5/h8-10,12,16,19-20H,7,11,13-15H2,1-6H3,(H,30,34)(H,32,33)/t16-,19-,20+,26-,27?,28?/m0/s1. The Hall–Kier alpha value is -2.01. The van der Waals surface area contributed by atoms with Crippen molar-refractivity contribution in [2.75, 3.05) is 0 Å². The normalized spacial score (nSPS) is 37.2. The van der Waals surface area contributed by atoms with Crippen molar-refractivity contribution in [3.05, 3.63) is 46.1 Å². The molecule has 0 radical (unpaired) electrons. The van der Waals surface area contributed by atoms with Crippen molar-refractivity contribution in [1.82, 2.24) is 10.2 Å². The van der Waals surface area contributed by atoms with Crippen molar-refractivity contribution < 1.29 is 14.7 Å². The van der Waals surface area contributed by atoms with E-state index in [1.807, 2.05) is 12.3 Å². The summed E-state index contributed by atoms with van der Waals surface area (Å²) in [5, 5.41) is 13.6. The first-order valence-electron chi connectivity index (χ1n) is 12.6. The van der Waals surface area contributed by atoms with Gasteiger partial charge in [-0.15, -0.1) is 0 Å². The lowest BCUT2D eigenvalue weighted by Crippen LogP contribution is -2.78. The first-order chi connectivity index (χ1) is 15.8. The minimum atomic E-state index is -0.734. The molecule has 34 heavy (non-hydrogen) atoms. The van der Waals surface area contributed by atoms with E-state index in [1.54, 1.807) is 4.90 Å². The third-order valence-corrected chi connectivity index (χ3v) is 9.74. The summed E-state index contributed by atoms with van der Waals surface area (Å²) >= 11 is 6.84. The molecule has 5 nitrogen and oxygen atoms in total. The van der Waals surface area contributed by atoms with Crippen molar-refractivity contribution in [2.24, 2.45) is 22.7 Å². The number of carbonyl (C=O) groups excluding carboxylic acids is 1. The molecule has 1 aliphatic heterocycles. The van der Waals surface area contributed by atoms with Crippen LogP contribution in [0.2, 0.25) is 5.02 Å². The van der Waals surface area contributed by atoms with Gasteiger partial charge in [0.05, 0.1) is 16.5 Å². The van der Waals surface area contributed by atoms with Crippen molar-refractivity contribution in [2.45, 2.75) is 90.6 Å². The molecule has 0 spiro atoms. The molecule has 2 bridgehead atoms. The summed E-state index contributed by atoms with van der Waals surface area (Å²) in [4.78, 5) is 26.8. The van der Waals surface area contributed by atoms with Crippen LogP contribution >= 0.6 is 11.6 Å². The average Bonchev–Trinajstić information content (AvgIpc) is 3.47. The SMILES string of the molecule is CC[C@H](C)C1=CN(C23CC(C(=O)O)(C2)C3)C(=O)N[C@@]1(C)c1ccc([C@@H]2C[C@H]2C(C)(C)C)c(Cl)c1. The van der Waals surface area contributed by atoms with Crippen LogP contribution in [0, 0.1) is 22.7 Å². The number of carboxylic acids is 1. The van der Waals surface area contributed by atoms with Crippen LogP contribution in [-0.2, 0) is 10.3 Å². The number of amides is 2. The van der Waals surface area contributed by atoms with Gasteiger partial charge in [-0.1, -0.05) is 58.4 Å². The van der Waals surface area contributed by atoms with Gasteiger partial charge in [-0.3, -0.25) is 9.69 Å². The van der Waals surface area contributed by atoms with E-state index in [0.29, 0.717) is 31.1 Å². The highest BCUT2D eigenvalue weighted by Crippen LogP contribution is 2.70. The number of aliphatic carboxylic acids is 1. The van der Waals surface area contributed by atoms with E-state index in [9.17, 15) is 14.7 Å². The fourth-order valence-corrected chi connectivity index (χ4v) is 7.28. The lowest BCUT2D eigenvalue weighted by Gasteiger charge is -2.71. The number of hydrogen-bond acceptors (Lipinski definition) is 2. The Morgan fingerprint density at radius 1 is 1.29 bits per heavy atom. The van der Waals surface area contributed by atoms with E-state index in [1.165, 1.54) is 12.0 Å². The summed E-state index contributed by atoms with van der Waals surface area (Å²) < 4.78 is 0. The van der Waals surface area contributed by atoms with Gasteiger partial charge in [0.25, 0.3) is 0 Å². The number of rotatable bonds is 6. The van der Waals surface area contributed by atoms with Gasteiger partial charge < -0.3 is 10.4 Å². The van der Waals surface area contributed by atoms with Crippen molar-refractivity contribution in [3.63, 3.8) is 0 Å². The number of carboxylic acid groups (broad SMARTS) is 1. The van der Waals surface area contributed by atoms with Crippen LogP contribution < -0.4 is 5.32 Å². The van der Waals surface area contributed by atoms with E-state index in [0.717, 1.165) is 22.6 Å². The highest BCUT2D eigenvalue weighted by molar-refractivity contribution is 6.31. The van der Waals surface area contributed by atoms with Crippen LogP contribution in [-0.4, -0.2) is 27.5 Å². The molecular formula is C28H37ClN2O3. The molecule has 184 valence electrons.